The van der Waals surface area contributed by atoms with Gasteiger partial charge in [-0.25, -0.2) is 0 Å². The Labute approximate surface area is 224 Å². The third-order valence-corrected chi connectivity index (χ3v) is 26.8. The van der Waals surface area contributed by atoms with Crippen molar-refractivity contribution < 1.29 is 4.74 Å². The van der Waals surface area contributed by atoms with Gasteiger partial charge in [-0.3, -0.25) is 0 Å². The van der Waals surface area contributed by atoms with Crippen LogP contribution in [0.4, 0.5) is 0 Å². The number of benzene rings is 4. The van der Waals surface area contributed by atoms with Gasteiger partial charge in [0.1, 0.15) is 0 Å². The zero-order chi connectivity index (χ0) is 24.0. The van der Waals surface area contributed by atoms with Crippen molar-refractivity contribution in [2.45, 2.75) is 0 Å². The molecule has 0 atom stereocenters. The van der Waals surface area contributed by atoms with Crippen molar-refractivity contribution >= 4 is 115 Å². The second kappa shape index (κ2) is 4.96. The summed E-state index contributed by atoms with van der Waals surface area (Å²) in [5.74, 6) is 2.06. The van der Waals surface area contributed by atoms with Gasteiger partial charge >= 0.3 is 225 Å². The van der Waals surface area contributed by atoms with E-state index >= 15 is 0 Å². The number of nitrogens with zero attached hydrogens (tertiary/aromatic N) is 1. The molecule has 1 aromatic heterocycles. The first kappa shape index (κ1) is 19.0. The molecule has 1 N–H and O–H groups in total. The molecule has 7 saturated heterocycles. The standard InChI is InChI=1S/C24H14B9N2OP2/c1-2-8-19-15(5-1)16-6-3-7-17-24(16)35(19)20-9-4-10-22-23(20)28(17)18-13-14(11-12-21(18)36-22)37(29-25-30(37)33(29)37)34-38-26-31(38)32(38)27-38/h1-13,34H/q-2. The Morgan fingerprint density at radius 1 is 0.842 bits per heavy atom. The molecular weight excluding hydrogens is 492 g/mol. The average Bonchev–Trinajstić information content (AvgIpc) is 3.88. The van der Waals surface area contributed by atoms with Gasteiger partial charge in [0.15, 0.2) is 0 Å². The van der Waals surface area contributed by atoms with Gasteiger partial charge in [-0.2, -0.15) is 0 Å². The van der Waals surface area contributed by atoms with Crippen molar-refractivity contribution in [2.75, 3.05) is 0 Å². The molecule has 9 aliphatic heterocycles. The summed E-state index contributed by atoms with van der Waals surface area (Å²) in [7, 11) is 2.68. The van der Waals surface area contributed by atoms with Crippen LogP contribution in [0.1, 0.15) is 0 Å². The third kappa shape index (κ3) is 1.51. The zero-order valence-electron chi connectivity index (χ0n) is 20.5. The SMILES string of the molecule is [B]1B2B3[B-]P123NP12(c3ccc4c(c3)B3c5c(cccc5-n5c6ccccc6c6cccc3c65)O4)B3[B-]B1B32. The molecule has 165 valence electrons. The van der Waals surface area contributed by atoms with Crippen molar-refractivity contribution in [3.05, 3.63) is 78.9 Å². The molecule has 14 rings (SSSR count). The summed E-state index contributed by atoms with van der Waals surface area (Å²) >= 11 is 0. The van der Waals surface area contributed by atoms with Crippen LogP contribution >= 0.6 is 12.7 Å². The summed E-state index contributed by atoms with van der Waals surface area (Å²) in [4.78, 5) is 4.62. The summed E-state index contributed by atoms with van der Waals surface area (Å²) < 4.78 is 9.21. The number of para-hydroxylation sites is 2. The summed E-state index contributed by atoms with van der Waals surface area (Å²) in [6, 6.07) is 29.9. The van der Waals surface area contributed by atoms with Crippen molar-refractivity contribution in [3.63, 3.8) is 0 Å². The van der Waals surface area contributed by atoms with Gasteiger partial charge in [0, 0.05) is 0 Å². The summed E-state index contributed by atoms with van der Waals surface area (Å²) in [5, 5.41) is 4.35. The number of rotatable bonds is 3. The zero-order valence-corrected chi connectivity index (χ0v) is 22.2. The van der Waals surface area contributed by atoms with Gasteiger partial charge in [-0.15, -0.1) is 0 Å². The molecular formula is C24H14B9N2OP2-2. The number of aromatic nitrogens is 1. The first-order valence-electron chi connectivity index (χ1n) is 14.1. The molecule has 3 nitrogen and oxygen atoms in total. The topological polar surface area (TPSA) is 26.2 Å². The second-order valence-electron chi connectivity index (χ2n) is 13.3. The molecule has 2 bridgehead atoms. The van der Waals surface area contributed by atoms with Crippen molar-refractivity contribution in [1.82, 2.24) is 9.42 Å². The van der Waals surface area contributed by atoms with E-state index in [1.54, 1.807) is 5.30 Å². The quantitative estimate of drug-likeness (QED) is 0.287. The van der Waals surface area contributed by atoms with Crippen LogP contribution in [-0.4, -0.2) is 63.2 Å². The van der Waals surface area contributed by atoms with Crippen molar-refractivity contribution in [3.8, 4) is 17.2 Å². The molecule has 0 unspecified atom stereocenters. The van der Waals surface area contributed by atoms with Crippen LogP contribution in [0.25, 0.3) is 27.5 Å². The van der Waals surface area contributed by atoms with E-state index in [0.717, 1.165) is 42.6 Å². The molecule has 10 heterocycles. The maximum atomic E-state index is 6.71. The molecule has 0 amide bonds. The Bertz CT molecular complexity index is 2120. The van der Waals surface area contributed by atoms with Crippen LogP contribution < -0.4 is 31.3 Å². The van der Waals surface area contributed by atoms with Gasteiger partial charge in [0.2, 0.25) is 0 Å². The fraction of sp³-hybridized carbons (Fsp3) is 0. The van der Waals surface area contributed by atoms with Crippen molar-refractivity contribution in [2.24, 2.45) is 0 Å². The van der Waals surface area contributed by atoms with Gasteiger partial charge in [0.25, 0.3) is 0 Å². The Kier molecular flexibility index (Phi) is 2.48. The molecule has 38 heavy (non-hydrogen) atoms. The molecule has 9 aliphatic rings. The van der Waals surface area contributed by atoms with Crippen LogP contribution in [0.5, 0.6) is 11.5 Å². The van der Waals surface area contributed by atoms with E-state index in [0.29, 0.717) is 0 Å². The summed E-state index contributed by atoms with van der Waals surface area (Å²) in [6.07, 6.45) is 1.13. The van der Waals surface area contributed by atoms with E-state index in [4.69, 9.17) is 4.74 Å². The molecule has 5 aromatic rings. The van der Waals surface area contributed by atoms with E-state index < -0.39 is 12.7 Å². The number of hydrogen-bond acceptors (Lipinski definition) is 2. The molecule has 1 spiro atoms. The van der Waals surface area contributed by atoms with E-state index in [2.05, 4.69) is 109 Å². The van der Waals surface area contributed by atoms with Gasteiger partial charge in [-0.1, -0.05) is 0 Å². The first-order chi connectivity index (χ1) is 18.7. The van der Waals surface area contributed by atoms with Crippen LogP contribution in [0.15, 0.2) is 78.9 Å². The van der Waals surface area contributed by atoms with Gasteiger partial charge in [0.05, 0.1) is 0 Å². The van der Waals surface area contributed by atoms with E-state index in [1.807, 2.05) is 0 Å². The van der Waals surface area contributed by atoms with E-state index in [9.17, 15) is 0 Å². The average molecular weight is 506 g/mol. The minimum absolute atomic E-state index is 0.205. The van der Waals surface area contributed by atoms with E-state index in [1.165, 1.54) is 43.9 Å². The second-order valence-corrected chi connectivity index (χ2v) is 23.7. The Morgan fingerprint density at radius 2 is 1.68 bits per heavy atom. The normalized spacial score (nSPS) is 27.1. The van der Waals surface area contributed by atoms with E-state index in [-0.39, 0.29) is 6.71 Å². The minimum atomic E-state index is -1.95. The van der Waals surface area contributed by atoms with Crippen LogP contribution in [0, 0.1) is 0 Å². The van der Waals surface area contributed by atoms with Crippen LogP contribution in [0.2, 0.25) is 0 Å². The Morgan fingerprint density at radius 3 is 2.47 bits per heavy atom. The van der Waals surface area contributed by atoms with Crippen molar-refractivity contribution in [1.29, 1.82) is 0 Å². The third-order valence-electron chi connectivity index (χ3n) is 12.4. The Hall–Kier alpha value is -2.12. The maximum absolute atomic E-state index is 6.71. The molecule has 0 saturated carbocycles. The van der Waals surface area contributed by atoms with Crippen LogP contribution in [0.3, 0.4) is 0 Å². The molecule has 14 heteroatoms. The molecule has 5 radical (unpaired) electrons. The number of ether oxygens (including phenoxy) is 1. The fourth-order valence-corrected chi connectivity index (χ4v) is 29.4. The molecule has 0 aliphatic carbocycles. The number of hydrogen-bond donors (Lipinski definition) is 1. The monoisotopic (exact) mass is 507 g/mol. The number of nitrogens with one attached hydrogen (secondary N) is 1. The van der Waals surface area contributed by atoms with Gasteiger partial charge in [-0.05, 0) is 0 Å². The molecule has 4 aromatic carbocycles. The predicted octanol–water partition coefficient (Wildman–Crippen LogP) is 1.07. The molecule has 7 fully saturated rings. The number of fused-ring (bicyclic) bond motifs is 8. The van der Waals surface area contributed by atoms with Gasteiger partial charge < -0.3 is 0 Å². The van der Waals surface area contributed by atoms with Crippen LogP contribution in [-0.2, 0) is 0 Å². The first-order valence-corrected chi connectivity index (χ1v) is 19.0. The fourth-order valence-electron chi connectivity index (χ4n) is 10.2. The summed E-state index contributed by atoms with van der Waals surface area (Å²) in [6.45, 7) is 5.67. The summed E-state index contributed by atoms with van der Waals surface area (Å²) in [5.41, 5.74) is 8.05. The Balaban J connectivity index is 1.10. The predicted molar refractivity (Wildman–Crippen MR) is 175 cm³/mol.